The van der Waals surface area contributed by atoms with Gasteiger partial charge in [-0.1, -0.05) is 6.07 Å². The van der Waals surface area contributed by atoms with Gasteiger partial charge in [-0.15, -0.1) is 11.3 Å². The van der Waals surface area contributed by atoms with Gasteiger partial charge in [0.25, 0.3) is 0 Å². The van der Waals surface area contributed by atoms with E-state index in [1.54, 1.807) is 0 Å². The van der Waals surface area contributed by atoms with Gasteiger partial charge in [0.15, 0.2) is 0 Å². The number of urea groups is 2. The second-order valence-corrected chi connectivity index (χ2v) is 6.17. The molecular formula is C13H17N3O3S. The molecule has 0 bridgehead atoms. The molecule has 108 valence electrons. The first-order chi connectivity index (χ1) is 9.61. The summed E-state index contributed by atoms with van der Waals surface area (Å²) in [5.41, 5.74) is -1.01. The Balaban J connectivity index is 1.66. The first-order valence-electron chi connectivity index (χ1n) is 6.71. The smallest absolute Gasteiger partial charge is 0.325 e. The number of nitrogens with one attached hydrogen (secondary N) is 2. The summed E-state index contributed by atoms with van der Waals surface area (Å²) in [5.74, 6) is 0.189. The van der Waals surface area contributed by atoms with Crippen LogP contribution in [0, 0.1) is 5.92 Å². The molecule has 1 aromatic heterocycles. The number of carbonyl (C=O) groups is 2. The monoisotopic (exact) mass is 295 g/mol. The Morgan fingerprint density at radius 3 is 2.95 bits per heavy atom. The van der Waals surface area contributed by atoms with Crippen LogP contribution in [0.4, 0.5) is 9.59 Å². The average molecular weight is 295 g/mol. The molecule has 1 aromatic rings. The van der Waals surface area contributed by atoms with E-state index in [1.807, 2.05) is 17.5 Å². The Morgan fingerprint density at radius 1 is 1.60 bits per heavy atom. The molecule has 0 radical (unpaired) electrons. The molecule has 3 rings (SSSR count). The molecule has 0 aromatic carbocycles. The fourth-order valence-corrected chi connectivity index (χ4v) is 3.39. The lowest BCUT2D eigenvalue weighted by Gasteiger charge is -2.28. The van der Waals surface area contributed by atoms with Gasteiger partial charge >= 0.3 is 12.1 Å². The molecule has 1 aliphatic heterocycles. The van der Waals surface area contributed by atoms with Gasteiger partial charge in [0.05, 0.1) is 6.54 Å². The van der Waals surface area contributed by atoms with Crippen LogP contribution in [0.1, 0.15) is 17.7 Å². The number of thiophene rings is 1. The predicted molar refractivity (Wildman–Crippen MR) is 74.4 cm³/mol. The van der Waals surface area contributed by atoms with Crippen molar-refractivity contribution in [3.8, 4) is 0 Å². The molecule has 20 heavy (non-hydrogen) atoms. The van der Waals surface area contributed by atoms with Crippen LogP contribution < -0.4 is 10.6 Å². The predicted octanol–water partition coefficient (Wildman–Crippen LogP) is 1.08. The van der Waals surface area contributed by atoms with Crippen molar-refractivity contribution in [2.45, 2.75) is 18.4 Å². The zero-order valence-corrected chi connectivity index (χ0v) is 11.8. The largest absolute Gasteiger partial charge is 0.382 e. The minimum absolute atomic E-state index is 0.140. The van der Waals surface area contributed by atoms with Crippen LogP contribution in [0.5, 0.6) is 0 Å². The number of aliphatic hydroxyl groups is 1. The average Bonchev–Trinajstić information content (AvgIpc) is 2.98. The highest BCUT2D eigenvalue weighted by Gasteiger charge is 2.46. The van der Waals surface area contributed by atoms with Crippen molar-refractivity contribution in [3.05, 3.63) is 22.4 Å². The molecule has 2 fully saturated rings. The summed E-state index contributed by atoms with van der Waals surface area (Å²) in [5, 5.41) is 18.0. The Labute approximate surface area is 120 Å². The maximum atomic E-state index is 12.0. The number of imide groups is 1. The lowest BCUT2D eigenvalue weighted by atomic mass is 9.96. The van der Waals surface area contributed by atoms with Gasteiger partial charge in [-0.3, -0.25) is 0 Å². The normalized spacial score (nSPS) is 21.4. The maximum absolute atomic E-state index is 12.0. The molecule has 1 aliphatic carbocycles. The van der Waals surface area contributed by atoms with E-state index in [2.05, 4.69) is 10.6 Å². The van der Waals surface area contributed by atoms with Crippen LogP contribution in [0.25, 0.3) is 0 Å². The standard InChI is InChI=1S/C13H17N3O3S/c17-11-14-5-6-16(11)12(18)15-8-13(19,9-3-4-9)10-2-1-7-20-10/h1-2,7,9,19H,3-6,8H2,(H,14,17)(H,15,18). The van der Waals surface area contributed by atoms with Crippen LogP contribution in [-0.4, -0.2) is 41.7 Å². The lowest BCUT2D eigenvalue weighted by Crippen LogP contribution is -2.48. The van der Waals surface area contributed by atoms with Crippen molar-refractivity contribution in [1.82, 2.24) is 15.5 Å². The van der Waals surface area contributed by atoms with Crippen LogP contribution in [0.3, 0.4) is 0 Å². The summed E-state index contributed by atoms with van der Waals surface area (Å²) in [4.78, 5) is 25.4. The number of hydrogen-bond acceptors (Lipinski definition) is 4. The molecule has 6 nitrogen and oxygen atoms in total. The Hall–Kier alpha value is -1.60. The highest BCUT2D eigenvalue weighted by molar-refractivity contribution is 7.10. The number of amides is 4. The summed E-state index contributed by atoms with van der Waals surface area (Å²) in [6, 6.07) is 2.95. The van der Waals surface area contributed by atoms with Gasteiger partial charge in [-0.05, 0) is 30.2 Å². The minimum atomic E-state index is -1.01. The fraction of sp³-hybridized carbons (Fsp3) is 0.538. The van der Waals surface area contributed by atoms with E-state index in [9.17, 15) is 14.7 Å². The minimum Gasteiger partial charge on any atom is -0.382 e. The van der Waals surface area contributed by atoms with Gasteiger partial charge in [-0.25, -0.2) is 14.5 Å². The second kappa shape index (κ2) is 5.06. The SMILES string of the molecule is O=C1NCCN1C(=O)NCC(O)(c1cccs1)C1CC1. The molecule has 4 amide bonds. The molecular weight excluding hydrogens is 278 g/mol. The van der Waals surface area contributed by atoms with Crippen molar-refractivity contribution in [2.24, 2.45) is 5.92 Å². The van der Waals surface area contributed by atoms with Gasteiger partial charge in [0.2, 0.25) is 0 Å². The zero-order chi connectivity index (χ0) is 14.2. The third kappa shape index (κ3) is 2.38. The molecule has 1 atom stereocenters. The van der Waals surface area contributed by atoms with Gasteiger partial charge in [-0.2, -0.15) is 0 Å². The molecule has 3 N–H and O–H groups in total. The summed E-state index contributed by atoms with van der Waals surface area (Å²) < 4.78 is 0. The van der Waals surface area contributed by atoms with E-state index in [-0.39, 0.29) is 18.5 Å². The van der Waals surface area contributed by atoms with Gasteiger partial charge in [0.1, 0.15) is 5.60 Å². The Bertz CT molecular complexity index is 515. The fourth-order valence-electron chi connectivity index (χ4n) is 2.49. The number of nitrogens with zero attached hydrogens (tertiary/aromatic N) is 1. The van der Waals surface area contributed by atoms with Crippen molar-refractivity contribution < 1.29 is 14.7 Å². The molecule has 7 heteroatoms. The van der Waals surface area contributed by atoms with Crippen LogP contribution >= 0.6 is 11.3 Å². The summed E-state index contributed by atoms with van der Waals surface area (Å²) in [6.45, 7) is 0.983. The number of hydrogen-bond donors (Lipinski definition) is 3. The Kier molecular flexibility index (Phi) is 3.39. The van der Waals surface area contributed by atoms with Gasteiger partial charge in [0, 0.05) is 18.0 Å². The zero-order valence-electron chi connectivity index (χ0n) is 11.0. The van der Waals surface area contributed by atoms with E-state index in [0.717, 1.165) is 22.6 Å². The topological polar surface area (TPSA) is 81.7 Å². The summed E-state index contributed by atoms with van der Waals surface area (Å²) in [6.07, 6.45) is 1.93. The molecule has 1 unspecified atom stereocenters. The molecule has 1 saturated carbocycles. The van der Waals surface area contributed by atoms with Gasteiger partial charge < -0.3 is 15.7 Å². The number of carbonyl (C=O) groups excluding carboxylic acids is 2. The van der Waals surface area contributed by atoms with Crippen molar-refractivity contribution in [3.63, 3.8) is 0 Å². The highest BCUT2D eigenvalue weighted by atomic mass is 32.1. The molecule has 1 saturated heterocycles. The van der Waals surface area contributed by atoms with Crippen LogP contribution in [0.2, 0.25) is 0 Å². The molecule has 0 spiro atoms. The van der Waals surface area contributed by atoms with E-state index in [4.69, 9.17) is 0 Å². The quantitative estimate of drug-likeness (QED) is 0.777. The number of rotatable bonds is 4. The lowest BCUT2D eigenvalue weighted by molar-refractivity contribution is 0.0188. The van der Waals surface area contributed by atoms with Crippen molar-refractivity contribution >= 4 is 23.4 Å². The van der Waals surface area contributed by atoms with Crippen molar-refractivity contribution in [1.29, 1.82) is 0 Å². The summed E-state index contributed by atoms with van der Waals surface area (Å²) >= 11 is 1.49. The van der Waals surface area contributed by atoms with E-state index < -0.39 is 11.6 Å². The second-order valence-electron chi connectivity index (χ2n) is 5.22. The maximum Gasteiger partial charge on any atom is 0.325 e. The Morgan fingerprint density at radius 2 is 2.40 bits per heavy atom. The van der Waals surface area contributed by atoms with E-state index >= 15 is 0 Å². The van der Waals surface area contributed by atoms with Crippen molar-refractivity contribution in [2.75, 3.05) is 19.6 Å². The molecule has 2 aliphatic rings. The van der Waals surface area contributed by atoms with Crippen LogP contribution in [0.15, 0.2) is 17.5 Å². The third-order valence-corrected chi connectivity index (χ3v) is 4.85. The highest BCUT2D eigenvalue weighted by Crippen LogP contribution is 2.46. The van der Waals surface area contributed by atoms with E-state index in [1.165, 1.54) is 11.3 Å². The summed E-state index contributed by atoms with van der Waals surface area (Å²) in [7, 11) is 0. The molecule has 2 heterocycles. The third-order valence-electron chi connectivity index (χ3n) is 3.81. The first-order valence-corrected chi connectivity index (χ1v) is 7.59. The van der Waals surface area contributed by atoms with Crippen LogP contribution in [-0.2, 0) is 5.60 Å². The van der Waals surface area contributed by atoms with E-state index in [0.29, 0.717) is 13.1 Å². The first kappa shape index (κ1) is 13.4.